The molecule has 0 aromatic carbocycles. The fourth-order valence-corrected chi connectivity index (χ4v) is 3.98. The van der Waals surface area contributed by atoms with E-state index in [0.717, 1.165) is 31.6 Å². The molecule has 0 aromatic rings. The van der Waals surface area contributed by atoms with Crippen LogP contribution in [-0.2, 0) is 9.59 Å². The quantitative estimate of drug-likeness (QED) is 0.793. The van der Waals surface area contributed by atoms with Crippen LogP contribution in [0.4, 0.5) is 0 Å². The second kappa shape index (κ2) is 8.06. The first kappa shape index (κ1) is 16.7. The van der Waals surface area contributed by atoms with Crippen molar-refractivity contribution < 1.29 is 9.59 Å². The molecule has 1 N–H and O–H groups in total. The Labute approximate surface area is 132 Å². The first-order valence-electron chi connectivity index (χ1n) is 8.22. The van der Waals surface area contributed by atoms with E-state index < -0.39 is 0 Å². The Hall–Kier alpha value is -0.710. The molecule has 5 heteroatoms. The standard InChI is InChI=1S/C16H28N2O2S/c1-12-11-14(19)17-15(13-7-4-3-5-8-13)16(20)18(12)9-6-10-21-2/h12-13,15H,3-11H2,1-2H3,(H,17,19). The first-order chi connectivity index (χ1) is 10.1. The van der Waals surface area contributed by atoms with Crippen LogP contribution >= 0.6 is 11.8 Å². The zero-order valence-electron chi connectivity index (χ0n) is 13.3. The number of nitrogens with one attached hydrogen (secondary N) is 1. The molecule has 21 heavy (non-hydrogen) atoms. The predicted molar refractivity (Wildman–Crippen MR) is 87.3 cm³/mol. The average Bonchev–Trinajstić information content (AvgIpc) is 2.59. The second-order valence-corrected chi connectivity index (χ2v) is 7.36. The van der Waals surface area contributed by atoms with E-state index in [2.05, 4.69) is 11.6 Å². The van der Waals surface area contributed by atoms with Crippen molar-refractivity contribution in [2.75, 3.05) is 18.6 Å². The van der Waals surface area contributed by atoms with Gasteiger partial charge in [0.05, 0.1) is 0 Å². The minimum absolute atomic E-state index is 0.0212. The minimum atomic E-state index is -0.281. The normalized spacial score (nSPS) is 28.4. The van der Waals surface area contributed by atoms with E-state index in [1.165, 1.54) is 19.3 Å². The third-order valence-corrected chi connectivity index (χ3v) is 5.44. The van der Waals surface area contributed by atoms with Crippen LogP contribution in [0.1, 0.15) is 51.9 Å². The lowest BCUT2D eigenvalue weighted by Crippen LogP contribution is -2.50. The first-order valence-corrected chi connectivity index (χ1v) is 9.61. The zero-order valence-corrected chi connectivity index (χ0v) is 14.1. The van der Waals surface area contributed by atoms with Gasteiger partial charge in [-0.2, -0.15) is 11.8 Å². The summed E-state index contributed by atoms with van der Waals surface area (Å²) < 4.78 is 0. The van der Waals surface area contributed by atoms with Crippen LogP contribution in [0.25, 0.3) is 0 Å². The highest BCUT2D eigenvalue weighted by molar-refractivity contribution is 7.98. The van der Waals surface area contributed by atoms with E-state index >= 15 is 0 Å². The maximum Gasteiger partial charge on any atom is 0.245 e. The van der Waals surface area contributed by atoms with E-state index in [4.69, 9.17) is 0 Å². The lowest BCUT2D eigenvalue weighted by Gasteiger charge is -2.33. The molecule has 0 aromatic heterocycles. The Morgan fingerprint density at radius 2 is 1.95 bits per heavy atom. The van der Waals surface area contributed by atoms with E-state index in [1.54, 1.807) is 11.8 Å². The Balaban J connectivity index is 2.07. The van der Waals surface area contributed by atoms with Crippen LogP contribution in [0.2, 0.25) is 0 Å². The van der Waals surface area contributed by atoms with Gasteiger partial charge in [-0.05, 0) is 44.1 Å². The van der Waals surface area contributed by atoms with Crippen molar-refractivity contribution in [3.05, 3.63) is 0 Å². The van der Waals surface area contributed by atoms with Gasteiger partial charge in [-0.1, -0.05) is 19.3 Å². The van der Waals surface area contributed by atoms with Crippen molar-refractivity contribution in [2.45, 2.75) is 64.0 Å². The summed E-state index contributed by atoms with van der Waals surface area (Å²) in [6.07, 6.45) is 9.31. The number of hydrogen-bond donors (Lipinski definition) is 1. The molecule has 4 nitrogen and oxygen atoms in total. The van der Waals surface area contributed by atoms with Crippen molar-refractivity contribution in [1.29, 1.82) is 0 Å². The molecule has 2 amide bonds. The smallest absolute Gasteiger partial charge is 0.245 e. The maximum absolute atomic E-state index is 12.9. The van der Waals surface area contributed by atoms with Gasteiger partial charge in [-0.3, -0.25) is 9.59 Å². The lowest BCUT2D eigenvalue weighted by atomic mass is 9.83. The summed E-state index contributed by atoms with van der Waals surface area (Å²) in [7, 11) is 0. The van der Waals surface area contributed by atoms with Gasteiger partial charge in [0, 0.05) is 19.0 Å². The van der Waals surface area contributed by atoms with E-state index in [-0.39, 0.29) is 23.9 Å². The number of nitrogens with zero attached hydrogens (tertiary/aromatic N) is 1. The van der Waals surface area contributed by atoms with Gasteiger partial charge in [0.2, 0.25) is 11.8 Å². The summed E-state index contributed by atoms with van der Waals surface area (Å²) >= 11 is 1.81. The molecule has 0 radical (unpaired) electrons. The molecule has 2 fully saturated rings. The SMILES string of the molecule is CSCCCN1C(=O)C(C2CCCCC2)NC(=O)CC1C. The topological polar surface area (TPSA) is 49.4 Å². The van der Waals surface area contributed by atoms with Crippen LogP contribution < -0.4 is 5.32 Å². The van der Waals surface area contributed by atoms with Crippen LogP contribution in [0, 0.1) is 5.92 Å². The van der Waals surface area contributed by atoms with Gasteiger partial charge >= 0.3 is 0 Å². The van der Waals surface area contributed by atoms with Crippen molar-refractivity contribution >= 4 is 23.6 Å². The van der Waals surface area contributed by atoms with Gasteiger partial charge in [0.15, 0.2) is 0 Å². The molecule has 120 valence electrons. The third-order valence-electron chi connectivity index (χ3n) is 4.75. The summed E-state index contributed by atoms with van der Waals surface area (Å²) in [5, 5.41) is 3.01. The summed E-state index contributed by atoms with van der Waals surface area (Å²) in [5.41, 5.74) is 0. The van der Waals surface area contributed by atoms with Gasteiger partial charge in [0.1, 0.15) is 6.04 Å². The predicted octanol–water partition coefficient (Wildman–Crippen LogP) is 2.43. The summed E-state index contributed by atoms with van der Waals surface area (Å²) in [6.45, 7) is 2.78. The fraction of sp³-hybridized carbons (Fsp3) is 0.875. The lowest BCUT2D eigenvalue weighted by molar-refractivity contribution is -0.136. The Kier molecular flexibility index (Phi) is 6.40. The highest BCUT2D eigenvalue weighted by Crippen LogP contribution is 2.29. The van der Waals surface area contributed by atoms with Crippen LogP contribution in [0.3, 0.4) is 0 Å². The molecular weight excluding hydrogens is 284 g/mol. The second-order valence-electron chi connectivity index (χ2n) is 6.37. The molecular formula is C16H28N2O2S. The fourth-order valence-electron chi connectivity index (χ4n) is 3.57. The number of hydrogen-bond acceptors (Lipinski definition) is 3. The largest absolute Gasteiger partial charge is 0.344 e. The monoisotopic (exact) mass is 312 g/mol. The molecule has 1 aliphatic heterocycles. The highest BCUT2D eigenvalue weighted by Gasteiger charge is 2.38. The Morgan fingerprint density at radius 1 is 1.24 bits per heavy atom. The minimum Gasteiger partial charge on any atom is -0.344 e. The maximum atomic E-state index is 12.9. The molecule has 2 rings (SSSR count). The molecule has 1 aliphatic carbocycles. The molecule has 2 unspecified atom stereocenters. The van der Waals surface area contributed by atoms with Gasteiger partial charge in [-0.25, -0.2) is 0 Å². The molecule has 1 saturated heterocycles. The number of carbonyl (C=O) groups is 2. The third kappa shape index (κ3) is 4.38. The number of thioether (sulfide) groups is 1. The summed E-state index contributed by atoms with van der Waals surface area (Å²) in [5.74, 6) is 1.59. The van der Waals surface area contributed by atoms with Gasteiger partial charge < -0.3 is 10.2 Å². The molecule has 1 saturated carbocycles. The van der Waals surface area contributed by atoms with Crippen molar-refractivity contribution in [3.63, 3.8) is 0 Å². The molecule has 2 aliphatic rings. The van der Waals surface area contributed by atoms with Crippen molar-refractivity contribution in [3.8, 4) is 0 Å². The van der Waals surface area contributed by atoms with E-state index in [0.29, 0.717) is 12.3 Å². The van der Waals surface area contributed by atoms with Gasteiger partial charge in [0.25, 0.3) is 0 Å². The molecule has 0 spiro atoms. The highest BCUT2D eigenvalue weighted by atomic mass is 32.2. The number of amides is 2. The van der Waals surface area contributed by atoms with Crippen LogP contribution in [0.15, 0.2) is 0 Å². The Morgan fingerprint density at radius 3 is 2.62 bits per heavy atom. The Bertz CT molecular complexity index is 369. The van der Waals surface area contributed by atoms with E-state index in [9.17, 15) is 9.59 Å². The number of rotatable bonds is 5. The van der Waals surface area contributed by atoms with Crippen molar-refractivity contribution in [2.24, 2.45) is 5.92 Å². The van der Waals surface area contributed by atoms with Crippen LogP contribution in [0.5, 0.6) is 0 Å². The van der Waals surface area contributed by atoms with Crippen molar-refractivity contribution in [1.82, 2.24) is 10.2 Å². The summed E-state index contributed by atoms with van der Waals surface area (Å²) in [6, 6.07) is -0.259. The van der Waals surface area contributed by atoms with Gasteiger partial charge in [-0.15, -0.1) is 0 Å². The number of carbonyl (C=O) groups excluding carboxylic acids is 2. The zero-order chi connectivity index (χ0) is 15.2. The van der Waals surface area contributed by atoms with Crippen LogP contribution in [-0.4, -0.2) is 47.4 Å². The molecule has 2 atom stereocenters. The average molecular weight is 312 g/mol. The molecule has 0 bridgehead atoms. The molecule has 1 heterocycles. The summed E-state index contributed by atoms with van der Waals surface area (Å²) in [4.78, 5) is 26.9. The van der Waals surface area contributed by atoms with E-state index in [1.807, 2.05) is 11.8 Å².